The van der Waals surface area contributed by atoms with Crippen LogP contribution in [0.5, 0.6) is 0 Å². The zero-order valence-electron chi connectivity index (χ0n) is 26.5. The van der Waals surface area contributed by atoms with Crippen molar-refractivity contribution in [3.63, 3.8) is 0 Å². The smallest absolute Gasteiger partial charge is 0.328 e. The molecule has 2 rings (SSSR count). The van der Waals surface area contributed by atoms with Gasteiger partial charge in [-0.2, -0.15) is 0 Å². The minimum Gasteiger partial charge on any atom is -0.467 e. The molecular weight excluding hydrogens is 568 g/mol. The van der Waals surface area contributed by atoms with E-state index < -0.39 is 60.0 Å². The van der Waals surface area contributed by atoms with Crippen LogP contribution in [0.3, 0.4) is 0 Å². The number of aliphatic hydroxyl groups is 1. The van der Waals surface area contributed by atoms with Gasteiger partial charge in [-0.05, 0) is 43.2 Å². The van der Waals surface area contributed by atoms with E-state index >= 15 is 0 Å². The molecule has 1 aromatic rings. The molecule has 0 saturated carbocycles. The number of hydrogen-bond acceptors (Lipinski definition) is 9. The molecule has 0 bridgehead atoms. The third-order valence-electron chi connectivity index (χ3n) is 8.15. The molecule has 1 saturated heterocycles. The fraction of sp³-hybridized carbons (Fsp3) is 0.645. The number of hydrogen-bond donors (Lipinski definition) is 6. The largest absolute Gasteiger partial charge is 0.467 e. The van der Waals surface area contributed by atoms with E-state index in [-0.39, 0.29) is 37.1 Å². The summed E-state index contributed by atoms with van der Waals surface area (Å²) in [5.41, 5.74) is 11.9. The van der Waals surface area contributed by atoms with Crippen LogP contribution in [0.1, 0.15) is 58.9 Å². The van der Waals surface area contributed by atoms with Crippen molar-refractivity contribution in [2.75, 3.05) is 20.2 Å². The van der Waals surface area contributed by atoms with Crippen LogP contribution in [0.25, 0.3) is 0 Å². The first kappa shape index (κ1) is 36.6. The summed E-state index contributed by atoms with van der Waals surface area (Å²) in [7, 11) is 1.26. The quantitative estimate of drug-likeness (QED) is 0.125. The maximum atomic E-state index is 13.6. The summed E-state index contributed by atoms with van der Waals surface area (Å²) in [6.07, 6.45) is 0.681. The normalized spacial score (nSPS) is 19.2. The van der Waals surface area contributed by atoms with Gasteiger partial charge in [0.25, 0.3) is 0 Å². The Morgan fingerprint density at radius 1 is 1.02 bits per heavy atom. The summed E-state index contributed by atoms with van der Waals surface area (Å²) in [4.78, 5) is 65.0. The van der Waals surface area contributed by atoms with Crippen LogP contribution in [0.2, 0.25) is 0 Å². The van der Waals surface area contributed by atoms with Crippen molar-refractivity contribution >= 4 is 29.6 Å². The van der Waals surface area contributed by atoms with Crippen LogP contribution in [0, 0.1) is 11.8 Å². The zero-order valence-corrected chi connectivity index (χ0v) is 26.5. The lowest BCUT2D eigenvalue weighted by Gasteiger charge is -2.32. The van der Waals surface area contributed by atoms with Gasteiger partial charge < -0.3 is 37.3 Å². The average molecular weight is 619 g/mol. The number of nitrogens with two attached hydrogens (primary N) is 2. The second-order valence-electron chi connectivity index (χ2n) is 11.9. The SMILES string of the molecule is CCC(C)[C@H](NC(=O)[C@@H]1CCCN1C[C@H](O)[C@H](Cc1ccccc1)NC(=O)[C@@H](N)CC(N)=O)C(=O)N[C@H](C(=O)OC)C(C)C. The first-order valence-electron chi connectivity index (χ1n) is 15.3. The highest BCUT2D eigenvalue weighted by atomic mass is 16.5. The van der Waals surface area contributed by atoms with Gasteiger partial charge in [-0.15, -0.1) is 0 Å². The van der Waals surface area contributed by atoms with Crippen LogP contribution in [0.15, 0.2) is 30.3 Å². The van der Waals surface area contributed by atoms with E-state index in [9.17, 15) is 29.1 Å². The number of carbonyl (C=O) groups excluding carboxylic acids is 5. The number of β-amino-alcohol motifs (C(OH)–C–C–N with tert-alkyl or cyclic N) is 1. The molecule has 1 aromatic carbocycles. The molecule has 0 aliphatic carbocycles. The fourth-order valence-electron chi connectivity index (χ4n) is 5.28. The van der Waals surface area contributed by atoms with Crippen LogP contribution in [0.4, 0.5) is 0 Å². The third kappa shape index (κ3) is 10.9. The van der Waals surface area contributed by atoms with Crippen molar-refractivity contribution in [3.8, 4) is 0 Å². The van der Waals surface area contributed by atoms with Crippen LogP contribution in [-0.2, 0) is 35.1 Å². The number of benzene rings is 1. The highest BCUT2D eigenvalue weighted by Crippen LogP contribution is 2.20. The van der Waals surface area contributed by atoms with E-state index in [4.69, 9.17) is 16.2 Å². The number of aliphatic hydroxyl groups excluding tert-OH is 1. The number of nitrogens with zero attached hydrogens (tertiary/aromatic N) is 1. The third-order valence-corrected chi connectivity index (χ3v) is 8.15. The summed E-state index contributed by atoms with van der Waals surface area (Å²) >= 11 is 0. The van der Waals surface area contributed by atoms with Gasteiger partial charge >= 0.3 is 5.97 Å². The van der Waals surface area contributed by atoms with E-state index in [1.165, 1.54) is 7.11 Å². The number of primary amides is 1. The van der Waals surface area contributed by atoms with Gasteiger partial charge in [-0.25, -0.2) is 4.79 Å². The van der Waals surface area contributed by atoms with E-state index in [1.54, 1.807) is 13.8 Å². The molecule has 13 nitrogen and oxygen atoms in total. The molecular formula is C31H50N6O7. The Hall–Kier alpha value is -3.55. The van der Waals surface area contributed by atoms with Crippen molar-refractivity contribution in [2.24, 2.45) is 23.3 Å². The van der Waals surface area contributed by atoms with Crippen LogP contribution in [-0.4, -0.2) is 96.1 Å². The summed E-state index contributed by atoms with van der Waals surface area (Å²) in [5.74, 6) is -3.17. The fourth-order valence-corrected chi connectivity index (χ4v) is 5.28. The molecule has 0 aromatic heterocycles. The Morgan fingerprint density at radius 2 is 1.68 bits per heavy atom. The average Bonchev–Trinajstić information content (AvgIpc) is 3.45. The first-order chi connectivity index (χ1) is 20.8. The molecule has 1 aliphatic rings. The van der Waals surface area contributed by atoms with Gasteiger partial charge in [0.05, 0.1) is 37.8 Å². The topological polar surface area (TPSA) is 206 Å². The van der Waals surface area contributed by atoms with E-state index in [0.717, 1.165) is 5.56 Å². The number of esters is 1. The molecule has 0 radical (unpaired) electrons. The molecule has 8 N–H and O–H groups in total. The molecule has 13 heteroatoms. The Bertz CT molecular complexity index is 1120. The lowest BCUT2D eigenvalue weighted by atomic mass is 9.96. The number of carbonyl (C=O) groups is 5. The standard InChI is InChI=1S/C31H50N6O7/c1-6-19(4)27(30(42)35-26(18(2)3)31(43)44-5)36-29(41)23-13-10-14-37(23)17-24(38)22(15-20-11-8-7-9-12-20)34-28(40)21(32)16-25(33)39/h7-9,11-12,18-19,21-24,26-27,38H,6,10,13-17,32H2,1-5H3,(H2,33,39)(H,34,40)(H,35,42)(H,36,41)/t19?,21-,22-,23-,24-,26-,27-/m0/s1. The number of methoxy groups -OCH3 is 1. The summed E-state index contributed by atoms with van der Waals surface area (Å²) in [5, 5.41) is 19.7. The number of amides is 4. The number of nitrogens with one attached hydrogen (secondary N) is 3. The monoisotopic (exact) mass is 618 g/mol. The van der Waals surface area contributed by atoms with Crippen molar-refractivity contribution < 1.29 is 33.8 Å². The predicted molar refractivity (Wildman–Crippen MR) is 165 cm³/mol. The minimum absolute atomic E-state index is 0.0683. The Morgan fingerprint density at radius 3 is 2.25 bits per heavy atom. The van der Waals surface area contributed by atoms with Gasteiger partial charge in [-0.3, -0.25) is 24.1 Å². The Kier molecular flexibility index (Phi) is 14.7. The number of ether oxygens (including phenoxy) is 1. The Balaban J connectivity index is 2.18. The molecule has 0 spiro atoms. The highest BCUT2D eigenvalue weighted by Gasteiger charge is 2.38. The van der Waals surface area contributed by atoms with Crippen LogP contribution < -0.4 is 27.4 Å². The molecule has 1 aliphatic heterocycles. The van der Waals surface area contributed by atoms with Crippen molar-refractivity contribution in [3.05, 3.63) is 35.9 Å². The molecule has 1 unspecified atom stereocenters. The zero-order chi connectivity index (χ0) is 33.0. The van der Waals surface area contributed by atoms with Crippen molar-refractivity contribution in [1.29, 1.82) is 0 Å². The molecule has 1 heterocycles. The highest BCUT2D eigenvalue weighted by molar-refractivity contribution is 5.92. The molecule has 44 heavy (non-hydrogen) atoms. The second-order valence-corrected chi connectivity index (χ2v) is 11.9. The first-order valence-corrected chi connectivity index (χ1v) is 15.3. The van der Waals surface area contributed by atoms with Crippen molar-refractivity contribution in [2.45, 2.75) is 96.1 Å². The van der Waals surface area contributed by atoms with Gasteiger partial charge in [0.2, 0.25) is 23.6 Å². The van der Waals surface area contributed by atoms with Gasteiger partial charge in [0.15, 0.2) is 0 Å². The number of likely N-dealkylation sites (tertiary alicyclic amines) is 1. The molecule has 7 atom stereocenters. The van der Waals surface area contributed by atoms with Crippen LogP contribution >= 0.6 is 0 Å². The van der Waals surface area contributed by atoms with Crippen molar-refractivity contribution in [1.82, 2.24) is 20.9 Å². The molecule has 1 fully saturated rings. The Labute approximate surface area is 259 Å². The minimum atomic E-state index is -1.17. The summed E-state index contributed by atoms with van der Waals surface area (Å²) < 4.78 is 4.84. The van der Waals surface area contributed by atoms with E-state index in [0.29, 0.717) is 25.8 Å². The maximum absolute atomic E-state index is 13.6. The lowest BCUT2D eigenvalue weighted by Crippen LogP contribution is -2.58. The lowest BCUT2D eigenvalue weighted by molar-refractivity contribution is -0.147. The maximum Gasteiger partial charge on any atom is 0.328 e. The molecule has 246 valence electrons. The van der Waals surface area contributed by atoms with Gasteiger partial charge in [0.1, 0.15) is 12.1 Å². The second kappa shape index (κ2) is 17.7. The van der Waals surface area contributed by atoms with Gasteiger partial charge in [-0.1, -0.05) is 64.4 Å². The summed E-state index contributed by atoms with van der Waals surface area (Å²) in [6.45, 7) is 7.94. The summed E-state index contributed by atoms with van der Waals surface area (Å²) in [6, 6.07) is 4.99. The van der Waals surface area contributed by atoms with E-state index in [1.807, 2.05) is 49.1 Å². The van der Waals surface area contributed by atoms with Gasteiger partial charge in [0, 0.05) is 6.54 Å². The number of rotatable bonds is 17. The molecule has 4 amide bonds. The predicted octanol–water partition coefficient (Wildman–Crippen LogP) is -0.413. The van der Waals surface area contributed by atoms with E-state index in [2.05, 4.69) is 16.0 Å².